The Morgan fingerprint density at radius 1 is 0.947 bits per heavy atom. The van der Waals surface area contributed by atoms with Crippen molar-refractivity contribution < 1.29 is 4.74 Å². The predicted molar refractivity (Wildman–Crippen MR) is 73.3 cm³/mol. The fourth-order valence-corrected chi connectivity index (χ4v) is 1.97. The Labute approximate surface area is 111 Å². The maximum Gasteiger partial charge on any atom is 0.144 e. The quantitative estimate of drug-likeness (QED) is 0.718. The van der Waals surface area contributed by atoms with E-state index in [9.17, 15) is 0 Å². The second-order valence-corrected chi connectivity index (χ2v) is 4.05. The van der Waals surface area contributed by atoms with Crippen molar-refractivity contribution in [1.82, 2.24) is 14.5 Å². The summed E-state index contributed by atoms with van der Waals surface area (Å²) in [4.78, 5) is 8.45. The Balaban J connectivity index is 2.04. The van der Waals surface area contributed by atoms with Crippen LogP contribution in [0, 0.1) is 0 Å². The molecule has 4 nitrogen and oxygen atoms in total. The second kappa shape index (κ2) is 4.94. The molecule has 0 amide bonds. The lowest BCUT2D eigenvalue weighted by atomic mass is 10.2. The maximum absolute atomic E-state index is 5.17. The average molecular weight is 251 g/mol. The van der Waals surface area contributed by atoms with E-state index in [2.05, 4.69) is 9.97 Å². The molecule has 3 rings (SSSR count). The molecule has 0 aliphatic carbocycles. The number of pyridine rings is 1. The summed E-state index contributed by atoms with van der Waals surface area (Å²) in [6.45, 7) is 0. The normalized spacial score (nSPS) is 10.4. The van der Waals surface area contributed by atoms with Crippen LogP contribution in [0.3, 0.4) is 0 Å². The van der Waals surface area contributed by atoms with Crippen LogP contribution in [0.5, 0.6) is 5.75 Å². The highest BCUT2D eigenvalue weighted by Crippen LogP contribution is 2.23. The monoisotopic (exact) mass is 251 g/mol. The van der Waals surface area contributed by atoms with E-state index in [0.717, 1.165) is 22.8 Å². The summed E-state index contributed by atoms with van der Waals surface area (Å²) >= 11 is 0. The van der Waals surface area contributed by atoms with Gasteiger partial charge in [-0.1, -0.05) is 0 Å². The molecule has 0 saturated carbocycles. The summed E-state index contributed by atoms with van der Waals surface area (Å²) in [7, 11) is 1.66. The van der Waals surface area contributed by atoms with Crippen LogP contribution >= 0.6 is 0 Å². The van der Waals surface area contributed by atoms with Crippen LogP contribution < -0.4 is 4.74 Å². The van der Waals surface area contributed by atoms with E-state index in [1.54, 1.807) is 25.7 Å². The van der Waals surface area contributed by atoms with Gasteiger partial charge in [0.25, 0.3) is 0 Å². The lowest BCUT2D eigenvalue weighted by molar-refractivity contribution is 0.415. The van der Waals surface area contributed by atoms with Crippen LogP contribution in [0.1, 0.15) is 0 Å². The molecule has 19 heavy (non-hydrogen) atoms. The van der Waals surface area contributed by atoms with Crippen LogP contribution in [0.15, 0.2) is 61.2 Å². The molecule has 4 heteroatoms. The van der Waals surface area contributed by atoms with Crippen LogP contribution in [-0.4, -0.2) is 21.6 Å². The Hall–Kier alpha value is -2.62. The van der Waals surface area contributed by atoms with Crippen molar-refractivity contribution in [3.8, 4) is 22.8 Å². The fourth-order valence-electron chi connectivity index (χ4n) is 1.97. The van der Waals surface area contributed by atoms with Gasteiger partial charge in [-0.05, 0) is 36.4 Å². The number of ether oxygens (including phenoxy) is 1. The number of rotatable bonds is 3. The molecular weight excluding hydrogens is 238 g/mol. The van der Waals surface area contributed by atoms with E-state index < -0.39 is 0 Å². The fraction of sp³-hybridized carbons (Fsp3) is 0.0667. The standard InChI is InChI=1S/C15H13N3O/c1-19-14-4-2-12(3-5-14)15-17-10-11-18(15)13-6-8-16-9-7-13/h2-11H,1H3. The third-order valence-corrected chi connectivity index (χ3v) is 2.93. The first-order valence-corrected chi connectivity index (χ1v) is 5.96. The molecule has 0 spiro atoms. The van der Waals surface area contributed by atoms with Gasteiger partial charge < -0.3 is 4.74 Å². The molecule has 2 heterocycles. The Bertz CT molecular complexity index is 659. The van der Waals surface area contributed by atoms with Crippen LogP contribution in [0.2, 0.25) is 0 Å². The smallest absolute Gasteiger partial charge is 0.144 e. The van der Waals surface area contributed by atoms with Crippen molar-refractivity contribution >= 4 is 0 Å². The molecule has 2 aromatic heterocycles. The highest BCUT2D eigenvalue weighted by Gasteiger charge is 2.07. The number of benzene rings is 1. The van der Waals surface area contributed by atoms with Gasteiger partial charge in [-0.3, -0.25) is 9.55 Å². The van der Waals surface area contributed by atoms with Gasteiger partial charge in [0.1, 0.15) is 11.6 Å². The third-order valence-electron chi connectivity index (χ3n) is 2.93. The second-order valence-electron chi connectivity index (χ2n) is 4.05. The van der Waals surface area contributed by atoms with Gasteiger partial charge in [0, 0.05) is 30.4 Å². The van der Waals surface area contributed by atoms with E-state index in [4.69, 9.17) is 4.74 Å². The summed E-state index contributed by atoms with van der Waals surface area (Å²) in [5, 5.41) is 0. The van der Waals surface area contributed by atoms with Crippen LogP contribution in [0.4, 0.5) is 0 Å². The molecular formula is C15H13N3O. The van der Waals surface area contributed by atoms with E-state index in [-0.39, 0.29) is 0 Å². The first-order chi connectivity index (χ1) is 9.38. The highest BCUT2D eigenvalue weighted by atomic mass is 16.5. The summed E-state index contributed by atoms with van der Waals surface area (Å²) in [6.07, 6.45) is 7.27. The molecule has 0 bridgehead atoms. The number of nitrogens with zero attached hydrogens (tertiary/aromatic N) is 3. The van der Waals surface area contributed by atoms with Crippen molar-refractivity contribution in [3.63, 3.8) is 0 Å². The highest BCUT2D eigenvalue weighted by molar-refractivity contribution is 5.59. The number of methoxy groups -OCH3 is 1. The molecule has 0 N–H and O–H groups in total. The topological polar surface area (TPSA) is 39.9 Å². The molecule has 0 aliphatic heterocycles. The molecule has 0 radical (unpaired) electrons. The number of hydrogen-bond acceptors (Lipinski definition) is 3. The summed E-state index contributed by atoms with van der Waals surface area (Å²) in [6, 6.07) is 11.8. The van der Waals surface area contributed by atoms with Gasteiger partial charge in [0.2, 0.25) is 0 Å². The van der Waals surface area contributed by atoms with Crippen molar-refractivity contribution in [2.45, 2.75) is 0 Å². The van der Waals surface area contributed by atoms with Gasteiger partial charge in [-0.25, -0.2) is 4.98 Å². The maximum atomic E-state index is 5.17. The molecule has 0 aliphatic rings. The average Bonchev–Trinajstić information content (AvgIpc) is 2.98. The van der Waals surface area contributed by atoms with E-state index in [1.807, 2.05) is 47.2 Å². The zero-order valence-corrected chi connectivity index (χ0v) is 10.5. The minimum atomic E-state index is 0.839. The number of imidazole rings is 1. The van der Waals surface area contributed by atoms with E-state index in [0.29, 0.717) is 0 Å². The lowest BCUT2D eigenvalue weighted by Gasteiger charge is -2.08. The minimum Gasteiger partial charge on any atom is -0.497 e. The van der Waals surface area contributed by atoms with Gasteiger partial charge >= 0.3 is 0 Å². The number of aromatic nitrogens is 3. The van der Waals surface area contributed by atoms with E-state index in [1.165, 1.54) is 0 Å². The first-order valence-electron chi connectivity index (χ1n) is 5.96. The van der Waals surface area contributed by atoms with Crippen LogP contribution in [-0.2, 0) is 0 Å². The largest absolute Gasteiger partial charge is 0.497 e. The van der Waals surface area contributed by atoms with Crippen molar-refractivity contribution in [3.05, 3.63) is 61.2 Å². The molecule has 94 valence electrons. The Morgan fingerprint density at radius 2 is 1.68 bits per heavy atom. The summed E-state index contributed by atoms with van der Waals surface area (Å²) in [5.41, 5.74) is 2.08. The van der Waals surface area contributed by atoms with Crippen LogP contribution in [0.25, 0.3) is 17.1 Å². The Kier molecular flexibility index (Phi) is 2.98. The van der Waals surface area contributed by atoms with Gasteiger partial charge in [-0.15, -0.1) is 0 Å². The number of hydrogen-bond donors (Lipinski definition) is 0. The molecule has 0 atom stereocenters. The summed E-state index contributed by atoms with van der Waals surface area (Å²) < 4.78 is 7.20. The van der Waals surface area contributed by atoms with Crippen molar-refractivity contribution in [2.75, 3.05) is 7.11 Å². The van der Waals surface area contributed by atoms with Gasteiger partial charge in [0.05, 0.1) is 12.8 Å². The molecule has 0 unspecified atom stereocenters. The molecule has 3 aromatic rings. The van der Waals surface area contributed by atoms with E-state index >= 15 is 0 Å². The zero-order chi connectivity index (χ0) is 13.1. The summed E-state index contributed by atoms with van der Waals surface area (Å²) in [5.74, 6) is 1.74. The predicted octanol–water partition coefficient (Wildman–Crippen LogP) is 2.94. The van der Waals surface area contributed by atoms with Gasteiger partial charge in [-0.2, -0.15) is 0 Å². The lowest BCUT2D eigenvalue weighted by Crippen LogP contribution is -1.96. The molecule has 0 fully saturated rings. The minimum absolute atomic E-state index is 0.839. The SMILES string of the molecule is COc1ccc(-c2nccn2-c2ccncc2)cc1. The van der Waals surface area contributed by atoms with Gasteiger partial charge in [0.15, 0.2) is 0 Å². The first kappa shape index (κ1) is 11.5. The van der Waals surface area contributed by atoms with Crippen molar-refractivity contribution in [2.24, 2.45) is 0 Å². The third kappa shape index (κ3) is 2.20. The van der Waals surface area contributed by atoms with Crippen molar-refractivity contribution in [1.29, 1.82) is 0 Å². The molecule has 0 saturated heterocycles. The zero-order valence-electron chi connectivity index (χ0n) is 10.5. The Morgan fingerprint density at radius 3 is 2.37 bits per heavy atom. The molecule has 1 aromatic carbocycles.